The number of carboxylic acids is 1. The lowest BCUT2D eigenvalue weighted by Crippen LogP contribution is -2.40. The van der Waals surface area contributed by atoms with Crippen molar-refractivity contribution in [3.63, 3.8) is 0 Å². The molecule has 1 N–H and O–H groups in total. The Morgan fingerprint density at radius 1 is 0.492 bits per heavy atom. The molecule has 0 aromatic carbocycles. The van der Waals surface area contributed by atoms with Gasteiger partial charge in [0.15, 0.2) is 6.10 Å². The van der Waals surface area contributed by atoms with E-state index >= 15 is 0 Å². The molecule has 0 aromatic heterocycles. The molecule has 0 aromatic rings. The summed E-state index contributed by atoms with van der Waals surface area (Å²) >= 11 is 0. The minimum Gasteiger partial charge on any atom is -0.477 e. The van der Waals surface area contributed by atoms with E-state index in [-0.39, 0.29) is 38.6 Å². The smallest absolute Gasteiger partial charge is 0.361 e. The van der Waals surface area contributed by atoms with Gasteiger partial charge in [-0.2, -0.15) is 0 Å². The first-order chi connectivity index (χ1) is 30.6. The predicted octanol–water partition coefficient (Wildman–Crippen LogP) is 13.0. The monoisotopic (exact) mass is 877 g/mol. The summed E-state index contributed by atoms with van der Waals surface area (Å²) in [5.41, 5.74) is 0. The Balaban J connectivity index is 4.26. The zero-order valence-electron chi connectivity index (χ0n) is 39.9. The van der Waals surface area contributed by atoms with Gasteiger partial charge in [-0.15, -0.1) is 0 Å². The summed E-state index contributed by atoms with van der Waals surface area (Å²) < 4.78 is 22.5. The van der Waals surface area contributed by atoms with Crippen molar-refractivity contribution in [3.05, 3.63) is 122 Å². The summed E-state index contributed by atoms with van der Waals surface area (Å²) in [7, 11) is 5.91. The van der Waals surface area contributed by atoms with Gasteiger partial charge >= 0.3 is 17.9 Å². The number of carbonyl (C=O) groups excluding carboxylic acids is 2. The molecule has 9 heteroatoms. The molecular formula is C54H86NO8+. The molecule has 9 nitrogen and oxygen atoms in total. The summed E-state index contributed by atoms with van der Waals surface area (Å²) in [6.07, 6.45) is 59.0. The van der Waals surface area contributed by atoms with E-state index in [4.69, 9.17) is 18.9 Å². The predicted molar refractivity (Wildman–Crippen MR) is 262 cm³/mol. The molecule has 354 valence electrons. The fourth-order valence-electron chi connectivity index (χ4n) is 5.57. The quantitative estimate of drug-likeness (QED) is 0.0213. The first kappa shape index (κ1) is 58.7. The maximum absolute atomic E-state index is 12.7. The molecule has 0 saturated carbocycles. The van der Waals surface area contributed by atoms with Crippen LogP contribution in [0.3, 0.4) is 0 Å². The lowest BCUT2D eigenvalue weighted by molar-refractivity contribution is -0.870. The third-order valence-corrected chi connectivity index (χ3v) is 9.23. The second kappa shape index (κ2) is 44.3. The normalized spacial score (nSPS) is 14.0. The fourth-order valence-corrected chi connectivity index (χ4v) is 5.57. The van der Waals surface area contributed by atoms with Crippen LogP contribution < -0.4 is 0 Å². The number of quaternary nitrogens is 1. The molecule has 0 radical (unpaired) electrons. The molecule has 0 aliphatic heterocycles. The Labute approximate surface area is 383 Å². The maximum Gasteiger partial charge on any atom is 0.361 e. The van der Waals surface area contributed by atoms with Crippen molar-refractivity contribution < 1.29 is 42.9 Å². The summed E-state index contributed by atoms with van der Waals surface area (Å²) in [5, 5.41) is 9.58. The molecule has 0 aliphatic carbocycles. The van der Waals surface area contributed by atoms with Crippen molar-refractivity contribution in [2.24, 2.45) is 0 Å². The van der Waals surface area contributed by atoms with Gasteiger partial charge < -0.3 is 28.5 Å². The van der Waals surface area contributed by atoms with Gasteiger partial charge in [0.25, 0.3) is 6.29 Å². The van der Waals surface area contributed by atoms with E-state index in [9.17, 15) is 19.5 Å². The standard InChI is InChI=1S/C54H85NO8/c1-6-8-10-12-13-14-15-16-17-18-19-20-21-22-23-24-25-26-27-28-29-30-31-32-33-34-35-36-37-38-39-41-43-45-52(57)63-50(48-61-51(56)44-42-40-11-9-7-2)49-62-54(53(58)59)60-47-46-55(3,4)5/h8,10,13-14,16-17,19-20,22-23,25-26,28-29,31-32,34-35,37-38,50,54H,6-7,9,11-12,15,18,21,24,27,30,33,36,39-49H2,1-5H3/p+1/b10-8-,14-13-,17-16-,20-19-,23-22-,26-25-,29-28-,32-31-,35-34-,38-37-. The SMILES string of the molecule is CC/C=C\C/C=C\C/C=C\C/C=C\C/C=C\C/C=C\C/C=C\C/C=C\C/C=C\C/C=C\CCCCC(=O)OC(COC(=O)CCCCCCC)COC(OCC[N+](C)(C)C)C(=O)O. The zero-order valence-corrected chi connectivity index (χ0v) is 39.9. The molecule has 0 saturated heterocycles. The van der Waals surface area contributed by atoms with Crippen LogP contribution in [-0.4, -0.2) is 87.4 Å². The first-order valence-corrected chi connectivity index (χ1v) is 23.7. The number of likely N-dealkylation sites (N-methyl/N-ethyl adjacent to an activating group) is 1. The molecule has 0 heterocycles. The molecule has 0 aliphatic rings. The Bertz CT molecular complexity index is 1440. The number of hydrogen-bond acceptors (Lipinski definition) is 7. The number of unbranched alkanes of at least 4 members (excludes halogenated alkanes) is 6. The summed E-state index contributed by atoms with van der Waals surface area (Å²) in [4.78, 5) is 36.8. The Kier molecular flexibility index (Phi) is 41.3. The third-order valence-electron chi connectivity index (χ3n) is 9.23. The van der Waals surface area contributed by atoms with Gasteiger partial charge in [0, 0.05) is 12.8 Å². The van der Waals surface area contributed by atoms with Crippen LogP contribution in [0.25, 0.3) is 0 Å². The molecule has 63 heavy (non-hydrogen) atoms. The first-order valence-electron chi connectivity index (χ1n) is 23.7. The van der Waals surface area contributed by atoms with Crippen molar-refractivity contribution in [1.82, 2.24) is 0 Å². The van der Waals surface area contributed by atoms with Crippen LogP contribution in [0.1, 0.15) is 142 Å². The third kappa shape index (κ3) is 45.5. The summed E-state index contributed by atoms with van der Waals surface area (Å²) in [5.74, 6) is -2.10. The van der Waals surface area contributed by atoms with Crippen LogP contribution in [0, 0.1) is 0 Å². The fraction of sp³-hybridized carbons (Fsp3) is 0.574. The highest BCUT2D eigenvalue weighted by molar-refractivity contribution is 5.71. The number of esters is 2. The zero-order chi connectivity index (χ0) is 46.3. The maximum atomic E-state index is 12.7. The second-order valence-corrected chi connectivity index (χ2v) is 16.3. The van der Waals surface area contributed by atoms with E-state index in [0.29, 0.717) is 17.4 Å². The van der Waals surface area contributed by atoms with Crippen LogP contribution in [0.5, 0.6) is 0 Å². The lowest BCUT2D eigenvalue weighted by Gasteiger charge is -2.25. The van der Waals surface area contributed by atoms with Crippen molar-refractivity contribution in [2.75, 3.05) is 47.5 Å². The number of nitrogens with zero attached hydrogens (tertiary/aromatic N) is 1. The molecule has 0 rings (SSSR count). The second-order valence-electron chi connectivity index (χ2n) is 16.3. The van der Waals surface area contributed by atoms with Crippen molar-refractivity contribution >= 4 is 17.9 Å². The molecular weight excluding hydrogens is 791 g/mol. The van der Waals surface area contributed by atoms with Crippen LogP contribution in [0.2, 0.25) is 0 Å². The Morgan fingerprint density at radius 3 is 1.33 bits per heavy atom. The van der Waals surface area contributed by atoms with Gasteiger partial charge in [-0.1, -0.05) is 161 Å². The molecule has 0 fully saturated rings. The topological polar surface area (TPSA) is 108 Å². The summed E-state index contributed by atoms with van der Waals surface area (Å²) in [6, 6.07) is 0. The van der Waals surface area contributed by atoms with E-state index in [2.05, 4.69) is 135 Å². The van der Waals surface area contributed by atoms with Crippen LogP contribution in [-0.2, 0) is 33.3 Å². The van der Waals surface area contributed by atoms with E-state index in [0.717, 1.165) is 109 Å². The minimum atomic E-state index is -1.52. The molecule has 2 unspecified atom stereocenters. The van der Waals surface area contributed by atoms with Crippen LogP contribution in [0.4, 0.5) is 0 Å². The number of ether oxygens (including phenoxy) is 4. The van der Waals surface area contributed by atoms with Gasteiger partial charge in [0.2, 0.25) is 0 Å². The highest BCUT2D eigenvalue weighted by Gasteiger charge is 2.25. The van der Waals surface area contributed by atoms with Gasteiger partial charge in [0.1, 0.15) is 13.2 Å². The summed E-state index contributed by atoms with van der Waals surface area (Å²) in [6.45, 7) is 4.56. The van der Waals surface area contributed by atoms with E-state index in [1.165, 1.54) is 0 Å². The van der Waals surface area contributed by atoms with Gasteiger partial charge in [-0.25, -0.2) is 4.79 Å². The molecule has 0 spiro atoms. The number of aliphatic carboxylic acids is 1. The Morgan fingerprint density at radius 2 is 0.905 bits per heavy atom. The average molecular weight is 877 g/mol. The van der Waals surface area contributed by atoms with Crippen LogP contribution >= 0.6 is 0 Å². The minimum absolute atomic E-state index is 0.172. The highest BCUT2D eigenvalue weighted by Crippen LogP contribution is 2.10. The number of carboxylic acid groups (broad SMARTS) is 1. The van der Waals surface area contributed by atoms with Crippen molar-refractivity contribution in [3.8, 4) is 0 Å². The number of carbonyl (C=O) groups is 3. The lowest BCUT2D eigenvalue weighted by atomic mass is 10.1. The van der Waals surface area contributed by atoms with Crippen LogP contribution in [0.15, 0.2) is 122 Å². The number of hydrogen-bond donors (Lipinski definition) is 1. The highest BCUT2D eigenvalue weighted by atomic mass is 16.7. The van der Waals surface area contributed by atoms with Gasteiger partial charge in [-0.05, 0) is 89.9 Å². The molecule has 2 atom stereocenters. The number of rotatable bonds is 41. The van der Waals surface area contributed by atoms with Crippen molar-refractivity contribution in [1.29, 1.82) is 0 Å². The largest absolute Gasteiger partial charge is 0.477 e. The Hall–Kier alpha value is -4.31. The average Bonchev–Trinajstić information content (AvgIpc) is 3.24. The molecule has 0 bridgehead atoms. The molecule has 0 amide bonds. The van der Waals surface area contributed by atoms with Gasteiger partial charge in [0.05, 0.1) is 34.4 Å². The van der Waals surface area contributed by atoms with E-state index in [1.807, 2.05) is 21.1 Å². The van der Waals surface area contributed by atoms with Gasteiger partial charge in [-0.3, -0.25) is 9.59 Å². The van der Waals surface area contributed by atoms with E-state index in [1.54, 1.807) is 0 Å². The van der Waals surface area contributed by atoms with Crippen molar-refractivity contribution in [2.45, 2.75) is 155 Å². The number of allylic oxidation sites excluding steroid dienone is 20. The van der Waals surface area contributed by atoms with E-state index < -0.39 is 24.3 Å².